The lowest BCUT2D eigenvalue weighted by Gasteiger charge is -2.16. The van der Waals surface area contributed by atoms with Crippen molar-refractivity contribution < 1.29 is 9.47 Å². The van der Waals surface area contributed by atoms with Gasteiger partial charge >= 0.3 is 0 Å². The third kappa shape index (κ3) is 6.58. The second-order valence-electron chi connectivity index (χ2n) is 2.48. The molecule has 0 aromatic rings. The molecule has 0 aromatic carbocycles. The average molecular weight is 175 g/mol. The Kier molecular flexibility index (Phi) is 8.88. The summed E-state index contributed by atoms with van der Waals surface area (Å²) >= 11 is 0. The van der Waals surface area contributed by atoms with Crippen LogP contribution < -0.4 is 5.32 Å². The third-order valence-electron chi connectivity index (χ3n) is 1.51. The molecule has 0 atom stereocenters. The Labute approximate surface area is 75.4 Å². The van der Waals surface area contributed by atoms with Gasteiger partial charge in [-0.1, -0.05) is 6.92 Å². The predicted molar refractivity (Wildman–Crippen MR) is 50.2 cm³/mol. The highest BCUT2D eigenvalue weighted by Gasteiger charge is 2.05. The van der Waals surface area contributed by atoms with Crippen molar-refractivity contribution >= 4 is 0 Å². The zero-order chi connectivity index (χ0) is 9.23. The summed E-state index contributed by atoms with van der Waals surface area (Å²) in [5, 5.41) is 3.24. The Balaban J connectivity index is 3.34. The summed E-state index contributed by atoms with van der Waals surface area (Å²) in [6.07, 6.45) is 0.897. The maximum absolute atomic E-state index is 5.37. The molecule has 3 nitrogen and oxygen atoms in total. The van der Waals surface area contributed by atoms with Crippen LogP contribution in [0.4, 0.5) is 0 Å². The largest absolute Gasteiger partial charge is 0.353 e. The Bertz CT molecular complexity index is 82.6. The predicted octanol–water partition coefficient (Wildman–Crippen LogP) is 1.39. The van der Waals surface area contributed by atoms with Gasteiger partial charge in [-0.3, -0.25) is 0 Å². The summed E-state index contributed by atoms with van der Waals surface area (Å²) in [6.45, 7) is 9.47. The summed E-state index contributed by atoms with van der Waals surface area (Å²) in [5.41, 5.74) is 0. The van der Waals surface area contributed by atoms with Crippen LogP contribution in [0.3, 0.4) is 0 Å². The summed E-state index contributed by atoms with van der Waals surface area (Å²) in [4.78, 5) is 0. The molecular weight excluding hydrogens is 154 g/mol. The van der Waals surface area contributed by atoms with Gasteiger partial charge in [0.2, 0.25) is 0 Å². The van der Waals surface area contributed by atoms with Gasteiger partial charge in [-0.25, -0.2) is 0 Å². The van der Waals surface area contributed by atoms with Crippen LogP contribution in [0.1, 0.15) is 27.2 Å². The van der Waals surface area contributed by atoms with E-state index in [4.69, 9.17) is 9.47 Å². The number of nitrogens with one attached hydrogen (secondary N) is 1. The van der Waals surface area contributed by atoms with Gasteiger partial charge in [0.25, 0.3) is 0 Å². The monoisotopic (exact) mass is 175 g/mol. The Morgan fingerprint density at radius 1 is 1.08 bits per heavy atom. The quantitative estimate of drug-likeness (QED) is 0.446. The van der Waals surface area contributed by atoms with Gasteiger partial charge in [-0.05, 0) is 26.9 Å². The summed E-state index contributed by atoms with van der Waals surface area (Å²) in [7, 11) is 0. The van der Waals surface area contributed by atoms with E-state index in [9.17, 15) is 0 Å². The van der Waals surface area contributed by atoms with E-state index >= 15 is 0 Å². The van der Waals surface area contributed by atoms with Crippen molar-refractivity contribution in [1.29, 1.82) is 0 Å². The number of hydrogen-bond donors (Lipinski definition) is 1. The van der Waals surface area contributed by atoms with E-state index in [1.54, 1.807) is 0 Å². The van der Waals surface area contributed by atoms with E-state index in [2.05, 4.69) is 12.2 Å². The van der Waals surface area contributed by atoms with Gasteiger partial charge in [0.15, 0.2) is 6.29 Å². The number of ether oxygens (including phenoxy) is 2. The van der Waals surface area contributed by atoms with E-state index in [0.29, 0.717) is 0 Å². The first-order valence-corrected chi connectivity index (χ1v) is 4.79. The van der Waals surface area contributed by atoms with Crippen LogP contribution in [0.2, 0.25) is 0 Å². The van der Waals surface area contributed by atoms with Gasteiger partial charge < -0.3 is 14.8 Å². The summed E-state index contributed by atoms with van der Waals surface area (Å²) in [5.74, 6) is 0. The summed E-state index contributed by atoms with van der Waals surface area (Å²) < 4.78 is 10.7. The zero-order valence-electron chi connectivity index (χ0n) is 8.43. The highest BCUT2D eigenvalue weighted by molar-refractivity contribution is 4.49. The van der Waals surface area contributed by atoms with Crippen molar-refractivity contribution in [3.8, 4) is 0 Å². The minimum absolute atomic E-state index is 0.0287. The van der Waals surface area contributed by atoms with Gasteiger partial charge in [0.05, 0.1) is 0 Å². The Morgan fingerprint density at radius 3 is 2.08 bits per heavy atom. The standard InChI is InChI=1S/C9H21NO2/c1-4-10-8-7-9(11-5-2)12-6-3/h9-10H,4-8H2,1-3H3. The van der Waals surface area contributed by atoms with Crippen LogP contribution in [0.25, 0.3) is 0 Å². The second-order valence-corrected chi connectivity index (χ2v) is 2.48. The van der Waals surface area contributed by atoms with E-state index in [0.717, 1.165) is 32.7 Å². The molecule has 0 aromatic heterocycles. The highest BCUT2D eigenvalue weighted by Crippen LogP contribution is 1.99. The normalized spacial score (nSPS) is 11.0. The summed E-state index contributed by atoms with van der Waals surface area (Å²) in [6, 6.07) is 0. The van der Waals surface area contributed by atoms with Gasteiger partial charge in [-0.2, -0.15) is 0 Å². The molecule has 0 bridgehead atoms. The Morgan fingerprint density at radius 2 is 1.67 bits per heavy atom. The average Bonchev–Trinajstić information content (AvgIpc) is 2.06. The van der Waals surface area contributed by atoms with Crippen molar-refractivity contribution in [3.63, 3.8) is 0 Å². The molecule has 1 N–H and O–H groups in total. The van der Waals surface area contributed by atoms with Crippen molar-refractivity contribution in [1.82, 2.24) is 5.32 Å². The molecule has 0 aliphatic heterocycles. The molecule has 0 fully saturated rings. The first kappa shape index (κ1) is 11.9. The SMILES string of the molecule is CCNCCC(OCC)OCC. The van der Waals surface area contributed by atoms with E-state index in [1.165, 1.54) is 0 Å². The van der Waals surface area contributed by atoms with Crippen molar-refractivity contribution in [3.05, 3.63) is 0 Å². The minimum atomic E-state index is -0.0287. The van der Waals surface area contributed by atoms with E-state index in [-0.39, 0.29) is 6.29 Å². The molecule has 74 valence electrons. The van der Waals surface area contributed by atoms with Gasteiger partial charge in [0.1, 0.15) is 0 Å². The molecule has 0 spiro atoms. The van der Waals surface area contributed by atoms with Crippen LogP contribution in [-0.2, 0) is 9.47 Å². The molecule has 0 aliphatic carbocycles. The zero-order valence-corrected chi connectivity index (χ0v) is 8.43. The molecule has 3 heteroatoms. The van der Waals surface area contributed by atoms with Crippen LogP contribution in [-0.4, -0.2) is 32.6 Å². The highest BCUT2D eigenvalue weighted by atomic mass is 16.7. The first-order chi connectivity index (χ1) is 5.85. The molecule has 0 saturated carbocycles. The maximum Gasteiger partial charge on any atom is 0.158 e. The molecule has 0 saturated heterocycles. The molecule has 0 unspecified atom stereocenters. The fraction of sp³-hybridized carbons (Fsp3) is 1.00. The third-order valence-corrected chi connectivity index (χ3v) is 1.51. The number of rotatable bonds is 8. The smallest absolute Gasteiger partial charge is 0.158 e. The minimum Gasteiger partial charge on any atom is -0.353 e. The van der Waals surface area contributed by atoms with Crippen molar-refractivity contribution in [2.45, 2.75) is 33.5 Å². The lowest BCUT2D eigenvalue weighted by molar-refractivity contribution is -0.138. The molecule has 12 heavy (non-hydrogen) atoms. The fourth-order valence-electron chi connectivity index (χ4n) is 0.983. The molecule has 0 heterocycles. The van der Waals surface area contributed by atoms with Gasteiger partial charge in [0, 0.05) is 19.6 Å². The van der Waals surface area contributed by atoms with Crippen molar-refractivity contribution in [2.24, 2.45) is 0 Å². The molecule has 0 amide bonds. The van der Waals surface area contributed by atoms with Crippen LogP contribution in [0.15, 0.2) is 0 Å². The van der Waals surface area contributed by atoms with Gasteiger partial charge in [-0.15, -0.1) is 0 Å². The molecule has 0 rings (SSSR count). The van der Waals surface area contributed by atoms with E-state index in [1.807, 2.05) is 13.8 Å². The second kappa shape index (κ2) is 8.97. The maximum atomic E-state index is 5.37. The number of hydrogen-bond acceptors (Lipinski definition) is 3. The molecular formula is C9H21NO2. The van der Waals surface area contributed by atoms with Crippen LogP contribution >= 0.6 is 0 Å². The van der Waals surface area contributed by atoms with E-state index < -0.39 is 0 Å². The van der Waals surface area contributed by atoms with Crippen LogP contribution in [0, 0.1) is 0 Å². The first-order valence-electron chi connectivity index (χ1n) is 4.79. The van der Waals surface area contributed by atoms with Crippen molar-refractivity contribution in [2.75, 3.05) is 26.3 Å². The Hall–Kier alpha value is -0.120. The lowest BCUT2D eigenvalue weighted by Crippen LogP contribution is -2.24. The molecule has 0 radical (unpaired) electrons. The fourth-order valence-corrected chi connectivity index (χ4v) is 0.983. The van der Waals surface area contributed by atoms with Crippen LogP contribution in [0.5, 0.6) is 0 Å². The lowest BCUT2D eigenvalue weighted by atomic mass is 10.4. The topological polar surface area (TPSA) is 30.5 Å². The molecule has 0 aliphatic rings.